The van der Waals surface area contributed by atoms with Crippen molar-refractivity contribution in [3.63, 3.8) is 0 Å². The Kier molecular flexibility index (Phi) is 5.03. The summed E-state index contributed by atoms with van der Waals surface area (Å²) < 4.78 is 0. The topological polar surface area (TPSA) is 110 Å². The molecule has 4 N–H and O–H groups in total. The third kappa shape index (κ3) is 4.63. The maximum atomic E-state index is 12.1. The molecule has 0 aliphatic carbocycles. The number of aryl methyl sites for hydroxylation is 2. The van der Waals surface area contributed by atoms with Crippen molar-refractivity contribution in [3.8, 4) is 0 Å². The van der Waals surface area contributed by atoms with E-state index in [1.54, 1.807) is 43.3 Å². The molecule has 7 nitrogen and oxygen atoms in total. The number of aromatic nitrogens is 2. The number of nitrogens with zero attached hydrogens (tertiary/aromatic N) is 2. The molecule has 0 fully saturated rings. The number of rotatable bonds is 5. The lowest BCUT2D eigenvalue weighted by molar-refractivity contribution is -0.114. The van der Waals surface area contributed by atoms with Crippen LogP contribution in [0.5, 0.6) is 0 Å². The van der Waals surface area contributed by atoms with Crippen molar-refractivity contribution in [3.05, 3.63) is 65.4 Å². The summed E-state index contributed by atoms with van der Waals surface area (Å²) in [4.78, 5) is 31.9. The average molecular weight is 311 g/mol. The van der Waals surface area contributed by atoms with Gasteiger partial charge in [0.2, 0.25) is 0 Å². The first-order chi connectivity index (χ1) is 11.0. The van der Waals surface area contributed by atoms with E-state index in [1.165, 1.54) is 6.20 Å². The highest BCUT2D eigenvalue weighted by molar-refractivity contribution is 6.02. The normalized spacial score (nSPS) is 11.0. The number of carbonyl (C=O) groups is 2. The molecule has 2 aromatic rings. The number of nitrogens with two attached hydrogens (primary N) is 1. The Bertz CT molecular complexity index is 736. The van der Waals surface area contributed by atoms with Crippen LogP contribution in [0.15, 0.2) is 48.3 Å². The van der Waals surface area contributed by atoms with Crippen LogP contribution in [0, 0.1) is 13.8 Å². The second-order valence-electron chi connectivity index (χ2n) is 4.83. The largest absolute Gasteiger partial charge is 0.364 e. The summed E-state index contributed by atoms with van der Waals surface area (Å²) in [5.41, 5.74) is 6.43. The highest BCUT2D eigenvalue weighted by Crippen LogP contribution is 2.06. The summed E-state index contributed by atoms with van der Waals surface area (Å²) in [6.07, 6.45) is 1.31. The summed E-state index contributed by atoms with van der Waals surface area (Å²) in [7, 11) is 0. The van der Waals surface area contributed by atoms with E-state index < -0.39 is 11.8 Å². The molecule has 1 aromatic carbocycles. The molecule has 7 heteroatoms. The number of amides is 2. The zero-order chi connectivity index (χ0) is 16.8. The molecule has 0 aliphatic heterocycles. The van der Waals surface area contributed by atoms with Gasteiger partial charge in [0, 0.05) is 23.5 Å². The van der Waals surface area contributed by atoms with Gasteiger partial charge in [-0.1, -0.05) is 18.2 Å². The van der Waals surface area contributed by atoms with Crippen LogP contribution < -0.4 is 16.4 Å². The van der Waals surface area contributed by atoms with Crippen molar-refractivity contribution in [1.29, 1.82) is 0 Å². The Balaban J connectivity index is 2.15. The van der Waals surface area contributed by atoms with E-state index in [9.17, 15) is 9.59 Å². The lowest BCUT2D eigenvalue weighted by atomic mass is 10.2. The molecule has 0 radical (unpaired) electrons. The van der Waals surface area contributed by atoms with Gasteiger partial charge in [0.05, 0.1) is 0 Å². The average Bonchev–Trinajstić information content (AvgIpc) is 2.50. The lowest BCUT2D eigenvalue weighted by Gasteiger charge is -2.08. The zero-order valence-corrected chi connectivity index (χ0v) is 12.8. The third-order valence-corrected chi connectivity index (χ3v) is 2.88. The monoisotopic (exact) mass is 311 g/mol. The first-order valence-corrected chi connectivity index (χ1v) is 6.91. The van der Waals surface area contributed by atoms with Gasteiger partial charge in [-0.2, -0.15) is 0 Å². The number of nitrogens with one attached hydrogen (secondary N) is 2. The Hall–Kier alpha value is -3.22. The molecule has 0 spiro atoms. The minimum atomic E-state index is -0.760. The lowest BCUT2D eigenvalue weighted by Crippen LogP contribution is -2.31. The molecule has 0 unspecified atom stereocenters. The number of benzene rings is 1. The second-order valence-corrected chi connectivity index (χ2v) is 4.83. The van der Waals surface area contributed by atoms with E-state index in [4.69, 9.17) is 5.73 Å². The molecule has 0 atom stereocenters. The fraction of sp³-hybridized carbons (Fsp3) is 0.125. The number of primary amides is 1. The highest BCUT2D eigenvalue weighted by atomic mass is 16.2. The molecule has 23 heavy (non-hydrogen) atoms. The van der Waals surface area contributed by atoms with Crippen molar-refractivity contribution in [2.24, 2.45) is 5.73 Å². The molecule has 2 rings (SSSR count). The van der Waals surface area contributed by atoms with Crippen LogP contribution in [-0.4, -0.2) is 21.8 Å². The molecular weight excluding hydrogens is 294 g/mol. The van der Waals surface area contributed by atoms with Crippen LogP contribution in [0.3, 0.4) is 0 Å². The summed E-state index contributed by atoms with van der Waals surface area (Å²) in [6, 6.07) is 10.2. The molecule has 118 valence electrons. The van der Waals surface area contributed by atoms with Gasteiger partial charge < -0.3 is 16.4 Å². The quantitative estimate of drug-likeness (QED) is 0.720. The maximum absolute atomic E-state index is 12.1. The Morgan fingerprint density at radius 2 is 1.83 bits per heavy atom. The Labute approximate surface area is 133 Å². The molecule has 2 amide bonds. The van der Waals surface area contributed by atoms with E-state index in [0.29, 0.717) is 17.2 Å². The van der Waals surface area contributed by atoms with Crippen molar-refractivity contribution in [1.82, 2.24) is 15.3 Å². The van der Waals surface area contributed by atoms with Crippen molar-refractivity contribution in [2.75, 3.05) is 5.32 Å². The molecular formula is C16H17N5O2. The molecule has 0 aliphatic rings. The predicted octanol–water partition coefficient (Wildman–Crippen LogP) is 1.26. The minimum Gasteiger partial charge on any atom is -0.364 e. The fourth-order valence-corrected chi connectivity index (χ4v) is 1.89. The van der Waals surface area contributed by atoms with Gasteiger partial charge in [-0.25, -0.2) is 9.97 Å². The van der Waals surface area contributed by atoms with Crippen molar-refractivity contribution in [2.45, 2.75) is 13.8 Å². The zero-order valence-electron chi connectivity index (χ0n) is 12.8. The van der Waals surface area contributed by atoms with Crippen LogP contribution in [-0.2, 0) is 4.79 Å². The predicted molar refractivity (Wildman–Crippen MR) is 86.3 cm³/mol. The van der Waals surface area contributed by atoms with Gasteiger partial charge in [-0.15, -0.1) is 0 Å². The van der Waals surface area contributed by atoms with Gasteiger partial charge in [-0.05, 0) is 26.0 Å². The first kappa shape index (κ1) is 16.2. The van der Waals surface area contributed by atoms with Gasteiger partial charge in [0.1, 0.15) is 17.3 Å². The molecule has 0 saturated carbocycles. The van der Waals surface area contributed by atoms with Crippen LogP contribution in [0.2, 0.25) is 0 Å². The van der Waals surface area contributed by atoms with Crippen LogP contribution in [0.25, 0.3) is 0 Å². The minimum absolute atomic E-state index is 0.0622. The van der Waals surface area contributed by atoms with Crippen LogP contribution in [0.4, 0.5) is 5.82 Å². The third-order valence-electron chi connectivity index (χ3n) is 2.88. The van der Waals surface area contributed by atoms with E-state index in [1.807, 2.05) is 6.92 Å². The van der Waals surface area contributed by atoms with E-state index in [-0.39, 0.29) is 5.70 Å². The van der Waals surface area contributed by atoms with E-state index in [0.717, 1.165) is 5.69 Å². The Morgan fingerprint density at radius 3 is 2.43 bits per heavy atom. The number of hydrogen-bond acceptors (Lipinski definition) is 5. The highest BCUT2D eigenvalue weighted by Gasteiger charge is 2.11. The van der Waals surface area contributed by atoms with Crippen molar-refractivity contribution < 1.29 is 9.59 Å². The standard InChI is InChI=1S/C16H17N5O2/c1-10-8-14(20-11(2)19-10)18-9-13(15(17)22)21-16(23)12-6-4-3-5-7-12/h3-9H,1-2H3,(H2,17,22)(H,21,23)(H,18,19,20)/b13-9-. The smallest absolute Gasteiger partial charge is 0.266 e. The molecule has 0 saturated heterocycles. The summed E-state index contributed by atoms with van der Waals surface area (Å²) in [6.45, 7) is 3.59. The molecule has 0 bridgehead atoms. The van der Waals surface area contributed by atoms with Gasteiger partial charge in [0.25, 0.3) is 11.8 Å². The SMILES string of the molecule is Cc1cc(N/C=C(\NC(=O)c2ccccc2)C(N)=O)nc(C)n1. The Morgan fingerprint density at radius 1 is 1.13 bits per heavy atom. The number of anilines is 1. The van der Waals surface area contributed by atoms with Crippen LogP contribution in [0.1, 0.15) is 21.9 Å². The van der Waals surface area contributed by atoms with Gasteiger partial charge in [0.15, 0.2) is 0 Å². The summed E-state index contributed by atoms with van der Waals surface area (Å²) in [5, 5.41) is 5.31. The second kappa shape index (κ2) is 7.17. The fourth-order valence-electron chi connectivity index (χ4n) is 1.89. The van der Waals surface area contributed by atoms with E-state index >= 15 is 0 Å². The van der Waals surface area contributed by atoms with Crippen LogP contribution >= 0.6 is 0 Å². The molecule has 1 aromatic heterocycles. The first-order valence-electron chi connectivity index (χ1n) is 6.91. The molecule has 1 heterocycles. The number of carbonyl (C=O) groups excluding carboxylic acids is 2. The van der Waals surface area contributed by atoms with Gasteiger partial charge >= 0.3 is 0 Å². The van der Waals surface area contributed by atoms with Gasteiger partial charge in [-0.3, -0.25) is 9.59 Å². The summed E-state index contributed by atoms with van der Waals surface area (Å²) in [5.74, 6) is -0.0886. The number of hydrogen-bond donors (Lipinski definition) is 3. The van der Waals surface area contributed by atoms with E-state index in [2.05, 4.69) is 20.6 Å². The summed E-state index contributed by atoms with van der Waals surface area (Å²) >= 11 is 0. The van der Waals surface area contributed by atoms with Crippen molar-refractivity contribution >= 4 is 17.6 Å². The maximum Gasteiger partial charge on any atom is 0.266 e.